The van der Waals surface area contributed by atoms with Crippen LogP contribution in [0.15, 0.2) is 72.8 Å². The molecule has 2 unspecified atom stereocenters. The fourth-order valence-electron chi connectivity index (χ4n) is 5.50. The number of hydrogen-bond donors (Lipinski definition) is 1. The topological polar surface area (TPSA) is 111 Å². The van der Waals surface area contributed by atoms with Crippen LogP contribution in [0.25, 0.3) is 11.1 Å². The number of imide groups is 1. The van der Waals surface area contributed by atoms with Crippen LogP contribution in [0.1, 0.15) is 50.6 Å². The Labute approximate surface area is 224 Å². The highest BCUT2D eigenvalue weighted by molar-refractivity contribution is 6.20. The summed E-state index contributed by atoms with van der Waals surface area (Å²) >= 11 is 0. The van der Waals surface area contributed by atoms with Crippen molar-refractivity contribution in [2.45, 2.75) is 24.8 Å². The van der Waals surface area contributed by atoms with E-state index in [4.69, 9.17) is 14.3 Å². The van der Waals surface area contributed by atoms with Crippen molar-refractivity contribution in [2.24, 2.45) is 5.92 Å². The monoisotopic (exact) mass is 526 g/mol. The number of alkyl carbamates (subject to hydrolysis) is 1. The van der Waals surface area contributed by atoms with E-state index in [0.717, 1.165) is 22.3 Å². The number of carbonyl (C=O) groups excluding carboxylic acids is 4. The number of nitrogens with one attached hydrogen (secondary N) is 1. The summed E-state index contributed by atoms with van der Waals surface area (Å²) < 4.78 is 11.0. The summed E-state index contributed by atoms with van der Waals surface area (Å²) in [6, 6.07) is 21.1. The molecular formula is C30H26N2O7. The maximum Gasteiger partial charge on any atom is 0.407 e. The number of hydroxylamine groups is 2. The third kappa shape index (κ3) is 4.66. The Balaban J connectivity index is 1.14. The fraction of sp³-hybridized carbons (Fsp3) is 0.267. The molecule has 198 valence electrons. The molecule has 1 saturated heterocycles. The lowest BCUT2D eigenvalue weighted by Gasteiger charge is -2.22. The molecule has 9 nitrogen and oxygen atoms in total. The number of nitrogens with zero attached hydrogens (tertiary/aromatic N) is 1. The zero-order chi connectivity index (χ0) is 26.9. The quantitative estimate of drug-likeness (QED) is 0.462. The third-order valence-electron chi connectivity index (χ3n) is 7.45. The van der Waals surface area contributed by atoms with E-state index in [-0.39, 0.29) is 36.0 Å². The Bertz CT molecular complexity index is 1380. The minimum absolute atomic E-state index is 0.00128. The van der Waals surface area contributed by atoms with Crippen molar-refractivity contribution in [3.63, 3.8) is 0 Å². The number of benzene rings is 3. The van der Waals surface area contributed by atoms with E-state index in [9.17, 15) is 19.2 Å². The average Bonchev–Trinajstić information content (AvgIpc) is 3.65. The van der Waals surface area contributed by atoms with Gasteiger partial charge in [-0.15, -0.1) is 0 Å². The summed E-state index contributed by atoms with van der Waals surface area (Å²) in [5, 5.41) is 3.05. The summed E-state index contributed by atoms with van der Waals surface area (Å²) in [6.45, 7) is 1.06. The van der Waals surface area contributed by atoms with Gasteiger partial charge in [0.1, 0.15) is 12.6 Å². The summed E-state index contributed by atoms with van der Waals surface area (Å²) in [5.74, 6) is -2.53. The molecule has 39 heavy (non-hydrogen) atoms. The van der Waals surface area contributed by atoms with Gasteiger partial charge in [0.05, 0.1) is 11.1 Å². The minimum atomic E-state index is -1.14. The van der Waals surface area contributed by atoms with Gasteiger partial charge >= 0.3 is 12.1 Å². The van der Waals surface area contributed by atoms with Gasteiger partial charge in [-0.1, -0.05) is 65.7 Å². The predicted molar refractivity (Wildman–Crippen MR) is 139 cm³/mol. The molecule has 3 amide bonds. The Morgan fingerprint density at radius 2 is 1.44 bits per heavy atom. The van der Waals surface area contributed by atoms with Gasteiger partial charge in [0, 0.05) is 19.1 Å². The molecule has 2 aliphatic heterocycles. The minimum Gasteiger partial charge on any atom is -0.449 e. The van der Waals surface area contributed by atoms with Crippen LogP contribution >= 0.6 is 0 Å². The van der Waals surface area contributed by atoms with Crippen molar-refractivity contribution in [3.05, 3.63) is 95.1 Å². The number of amides is 3. The predicted octanol–water partition coefficient (Wildman–Crippen LogP) is 4.07. The second-order valence-corrected chi connectivity index (χ2v) is 9.85. The number of rotatable bonds is 7. The van der Waals surface area contributed by atoms with Crippen LogP contribution in [-0.4, -0.2) is 54.8 Å². The highest BCUT2D eigenvalue weighted by Crippen LogP contribution is 2.44. The Morgan fingerprint density at radius 3 is 2.00 bits per heavy atom. The summed E-state index contributed by atoms with van der Waals surface area (Å²) in [6.07, 6.45) is 0.134. The Hall–Kier alpha value is -4.50. The first-order valence-corrected chi connectivity index (χ1v) is 12.9. The van der Waals surface area contributed by atoms with Crippen LogP contribution in [-0.2, 0) is 19.1 Å². The molecule has 1 N–H and O–H groups in total. The van der Waals surface area contributed by atoms with Gasteiger partial charge in [0.2, 0.25) is 0 Å². The van der Waals surface area contributed by atoms with E-state index in [1.165, 1.54) is 12.1 Å². The van der Waals surface area contributed by atoms with Crippen LogP contribution in [0, 0.1) is 5.92 Å². The van der Waals surface area contributed by atoms with Gasteiger partial charge in [0.25, 0.3) is 11.8 Å². The van der Waals surface area contributed by atoms with Crippen molar-refractivity contribution in [3.8, 4) is 11.1 Å². The molecule has 3 aromatic rings. The zero-order valence-corrected chi connectivity index (χ0v) is 21.0. The van der Waals surface area contributed by atoms with Gasteiger partial charge in [0.15, 0.2) is 0 Å². The average molecular weight is 527 g/mol. The smallest absolute Gasteiger partial charge is 0.407 e. The van der Waals surface area contributed by atoms with Crippen LogP contribution in [0.3, 0.4) is 0 Å². The van der Waals surface area contributed by atoms with Crippen molar-refractivity contribution < 1.29 is 33.5 Å². The van der Waals surface area contributed by atoms with Gasteiger partial charge in [-0.2, -0.15) is 0 Å². The molecular weight excluding hydrogens is 500 g/mol. The maximum atomic E-state index is 13.2. The summed E-state index contributed by atoms with van der Waals surface area (Å²) in [7, 11) is 0. The molecule has 6 rings (SSSR count). The molecule has 2 atom stereocenters. The van der Waals surface area contributed by atoms with Crippen LogP contribution in [0.5, 0.6) is 0 Å². The second kappa shape index (κ2) is 10.3. The second-order valence-electron chi connectivity index (χ2n) is 9.85. The molecule has 1 fully saturated rings. The van der Waals surface area contributed by atoms with E-state index >= 15 is 0 Å². The van der Waals surface area contributed by atoms with E-state index in [1.807, 2.05) is 48.5 Å². The molecule has 0 spiro atoms. The van der Waals surface area contributed by atoms with Gasteiger partial charge in [-0.05, 0) is 53.1 Å². The first-order chi connectivity index (χ1) is 19.0. The molecule has 9 heteroatoms. The lowest BCUT2D eigenvalue weighted by molar-refractivity contribution is -0.171. The molecule has 2 heterocycles. The zero-order valence-electron chi connectivity index (χ0n) is 21.0. The fourth-order valence-corrected chi connectivity index (χ4v) is 5.50. The highest BCUT2D eigenvalue weighted by atomic mass is 16.7. The normalized spacial score (nSPS) is 18.4. The maximum absolute atomic E-state index is 13.2. The first kappa shape index (κ1) is 24.8. The SMILES string of the molecule is O=C(NC(CC1CCOC1)C(=O)ON1C(=O)c2ccccc2C1=O)OCC1c2ccccc2-c2ccccc21. The summed E-state index contributed by atoms with van der Waals surface area (Å²) in [5.41, 5.74) is 4.64. The van der Waals surface area contributed by atoms with Gasteiger partial charge in [-0.3, -0.25) is 9.59 Å². The summed E-state index contributed by atoms with van der Waals surface area (Å²) in [4.78, 5) is 56.7. The van der Waals surface area contributed by atoms with Crippen LogP contribution < -0.4 is 5.32 Å². The van der Waals surface area contributed by atoms with Gasteiger partial charge < -0.3 is 19.6 Å². The largest absolute Gasteiger partial charge is 0.449 e. The Kier molecular flexibility index (Phi) is 6.58. The molecule has 0 saturated carbocycles. The molecule has 0 radical (unpaired) electrons. The van der Waals surface area contributed by atoms with Crippen molar-refractivity contribution in [1.29, 1.82) is 0 Å². The molecule has 3 aliphatic rings. The molecule has 3 aromatic carbocycles. The Morgan fingerprint density at radius 1 is 0.872 bits per heavy atom. The highest BCUT2D eigenvalue weighted by Gasteiger charge is 2.41. The number of carbonyl (C=O) groups is 4. The number of ether oxygens (including phenoxy) is 2. The number of fused-ring (bicyclic) bond motifs is 4. The lowest BCUT2D eigenvalue weighted by Crippen LogP contribution is -2.46. The number of hydrogen-bond acceptors (Lipinski definition) is 7. The van der Waals surface area contributed by atoms with Crippen LogP contribution in [0.2, 0.25) is 0 Å². The standard InChI is InChI=1S/C30H26N2O7/c33-27-23-11-5-6-12-24(23)28(34)32(27)39-29(35)26(15-18-13-14-37-16-18)31-30(36)38-17-25-21-9-3-1-7-19(21)20-8-2-4-10-22(20)25/h1-12,18,25-26H,13-17H2,(H,31,36). The van der Waals surface area contributed by atoms with E-state index in [0.29, 0.717) is 24.7 Å². The van der Waals surface area contributed by atoms with Crippen molar-refractivity contribution in [2.75, 3.05) is 19.8 Å². The lowest BCUT2D eigenvalue weighted by atomic mass is 9.98. The van der Waals surface area contributed by atoms with Crippen molar-refractivity contribution >= 4 is 23.9 Å². The van der Waals surface area contributed by atoms with E-state index in [1.54, 1.807) is 12.1 Å². The van der Waals surface area contributed by atoms with Crippen molar-refractivity contribution in [1.82, 2.24) is 10.4 Å². The van der Waals surface area contributed by atoms with Crippen LogP contribution in [0.4, 0.5) is 4.79 Å². The first-order valence-electron chi connectivity index (χ1n) is 12.9. The van der Waals surface area contributed by atoms with E-state index in [2.05, 4.69) is 5.32 Å². The molecule has 1 aliphatic carbocycles. The molecule has 0 aromatic heterocycles. The van der Waals surface area contributed by atoms with Gasteiger partial charge in [-0.25, -0.2) is 9.59 Å². The third-order valence-corrected chi connectivity index (χ3v) is 7.45. The van der Waals surface area contributed by atoms with E-state index < -0.39 is 29.9 Å². The molecule has 0 bridgehead atoms.